The molecule has 0 saturated heterocycles. The third-order valence-electron chi connectivity index (χ3n) is 4.37. The first kappa shape index (κ1) is 21.9. The van der Waals surface area contributed by atoms with Gasteiger partial charge in [-0.1, -0.05) is 11.6 Å². The van der Waals surface area contributed by atoms with Crippen molar-refractivity contribution in [1.82, 2.24) is 14.7 Å². The predicted molar refractivity (Wildman–Crippen MR) is 99.1 cm³/mol. The van der Waals surface area contributed by atoms with Gasteiger partial charge in [-0.15, -0.1) is 0 Å². The van der Waals surface area contributed by atoms with E-state index < -0.39 is 36.3 Å². The Hall–Kier alpha value is -2.80. The summed E-state index contributed by atoms with van der Waals surface area (Å²) in [5.74, 6) is -0.716. The first-order valence-electron chi connectivity index (χ1n) is 8.83. The standard InChI is InChI=1S/C19H17ClF4N4O2/c1-18(2,3)30-17(29)27-8-14-11(7-25)16(10-4-5-13(21)12(20)6-10)26-28(14)15(9-27)19(22,23)24/h4-6,15H,8-9H2,1-3H3. The van der Waals surface area contributed by atoms with E-state index in [4.69, 9.17) is 16.3 Å². The Balaban J connectivity index is 2.12. The first-order chi connectivity index (χ1) is 13.8. The number of nitrogens with zero attached hydrogens (tertiary/aromatic N) is 4. The number of alkyl halides is 3. The summed E-state index contributed by atoms with van der Waals surface area (Å²) in [5, 5.41) is 13.4. The predicted octanol–water partition coefficient (Wildman–Crippen LogP) is 5.07. The SMILES string of the molecule is CC(C)(C)OC(=O)N1Cc2c(C#N)c(-c3ccc(F)c(Cl)c3)nn2C(C(F)(F)F)C1. The van der Waals surface area contributed by atoms with Crippen molar-refractivity contribution in [2.45, 2.75) is 45.1 Å². The van der Waals surface area contributed by atoms with Crippen molar-refractivity contribution >= 4 is 17.7 Å². The summed E-state index contributed by atoms with van der Waals surface area (Å²) in [4.78, 5) is 13.3. The molecule has 0 aliphatic carbocycles. The number of halogens is 5. The van der Waals surface area contributed by atoms with Gasteiger partial charge in [0.1, 0.15) is 28.7 Å². The summed E-state index contributed by atoms with van der Waals surface area (Å²) in [6, 6.07) is 3.16. The van der Waals surface area contributed by atoms with Gasteiger partial charge in [0.05, 0.1) is 23.8 Å². The zero-order valence-electron chi connectivity index (χ0n) is 16.2. The molecule has 1 atom stereocenters. The quantitative estimate of drug-likeness (QED) is 0.576. The Kier molecular flexibility index (Phi) is 5.45. The molecule has 0 radical (unpaired) electrons. The maximum Gasteiger partial charge on any atom is 0.412 e. The maximum absolute atomic E-state index is 13.8. The van der Waals surface area contributed by atoms with Crippen LogP contribution in [-0.2, 0) is 11.3 Å². The van der Waals surface area contributed by atoms with Gasteiger partial charge in [0, 0.05) is 5.56 Å². The number of hydrogen-bond acceptors (Lipinski definition) is 4. The van der Waals surface area contributed by atoms with Gasteiger partial charge < -0.3 is 4.74 Å². The molecule has 0 bridgehead atoms. The normalized spacial score (nSPS) is 16.8. The lowest BCUT2D eigenvalue weighted by molar-refractivity contribution is -0.178. The van der Waals surface area contributed by atoms with E-state index in [-0.39, 0.29) is 34.1 Å². The highest BCUT2D eigenvalue weighted by molar-refractivity contribution is 6.31. The summed E-state index contributed by atoms with van der Waals surface area (Å²) in [6.07, 6.45) is -5.68. The summed E-state index contributed by atoms with van der Waals surface area (Å²) < 4.78 is 60.7. The summed E-state index contributed by atoms with van der Waals surface area (Å²) >= 11 is 5.77. The lowest BCUT2D eigenvalue weighted by Crippen LogP contribution is -2.47. The summed E-state index contributed by atoms with van der Waals surface area (Å²) in [5.41, 5.74) is -1.04. The number of aromatic nitrogens is 2. The number of carbonyl (C=O) groups is 1. The number of carbonyl (C=O) groups excluding carboxylic acids is 1. The third kappa shape index (κ3) is 4.21. The smallest absolute Gasteiger partial charge is 0.412 e. The van der Waals surface area contributed by atoms with E-state index in [0.29, 0.717) is 4.68 Å². The minimum Gasteiger partial charge on any atom is -0.444 e. The van der Waals surface area contributed by atoms with E-state index in [1.54, 1.807) is 20.8 Å². The van der Waals surface area contributed by atoms with Gasteiger partial charge in [-0.3, -0.25) is 9.58 Å². The zero-order valence-corrected chi connectivity index (χ0v) is 17.0. The second-order valence-electron chi connectivity index (χ2n) is 7.77. The molecule has 1 aliphatic heterocycles. The van der Waals surface area contributed by atoms with Crippen molar-refractivity contribution in [2.24, 2.45) is 0 Å². The van der Waals surface area contributed by atoms with E-state index in [1.165, 1.54) is 12.1 Å². The molecule has 1 aromatic carbocycles. The van der Waals surface area contributed by atoms with E-state index in [1.807, 2.05) is 6.07 Å². The van der Waals surface area contributed by atoms with Gasteiger partial charge in [-0.2, -0.15) is 23.5 Å². The molecule has 11 heteroatoms. The number of nitriles is 1. The van der Waals surface area contributed by atoms with Crippen LogP contribution in [0.1, 0.15) is 38.1 Å². The minimum atomic E-state index is -4.74. The second kappa shape index (κ2) is 7.47. The molecule has 1 aromatic heterocycles. The molecule has 0 fully saturated rings. The molecule has 0 N–H and O–H groups in total. The van der Waals surface area contributed by atoms with Crippen molar-refractivity contribution in [3.05, 3.63) is 40.3 Å². The van der Waals surface area contributed by atoms with Crippen LogP contribution in [0.15, 0.2) is 18.2 Å². The maximum atomic E-state index is 13.8. The molecule has 30 heavy (non-hydrogen) atoms. The van der Waals surface area contributed by atoms with Gasteiger partial charge >= 0.3 is 12.3 Å². The topological polar surface area (TPSA) is 71.2 Å². The zero-order chi connectivity index (χ0) is 22.4. The fraction of sp³-hybridized carbons (Fsp3) is 0.421. The fourth-order valence-electron chi connectivity index (χ4n) is 3.08. The number of benzene rings is 1. The molecule has 0 spiro atoms. The van der Waals surface area contributed by atoms with Crippen molar-refractivity contribution in [1.29, 1.82) is 5.26 Å². The molecule has 1 aliphatic rings. The number of fused-ring (bicyclic) bond motifs is 1. The van der Waals surface area contributed by atoms with Crippen molar-refractivity contribution in [3.8, 4) is 17.3 Å². The Morgan fingerprint density at radius 2 is 2.00 bits per heavy atom. The summed E-state index contributed by atoms with van der Waals surface area (Å²) in [6.45, 7) is 3.76. The number of hydrogen-bond donors (Lipinski definition) is 0. The minimum absolute atomic E-state index is 0.0744. The number of amides is 1. The molecule has 6 nitrogen and oxygen atoms in total. The molecule has 1 unspecified atom stereocenters. The van der Waals surface area contributed by atoms with Crippen LogP contribution >= 0.6 is 11.6 Å². The number of rotatable bonds is 1. The molecule has 3 rings (SSSR count). The average Bonchev–Trinajstić information content (AvgIpc) is 2.99. The summed E-state index contributed by atoms with van der Waals surface area (Å²) in [7, 11) is 0. The fourth-order valence-corrected chi connectivity index (χ4v) is 3.26. The molecule has 2 heterocycles. The Bertz CT molecular complexity index is 1040. The Morgan fingerprint density at radius 3 is 2.53 bits per heavy atom. The first-order valence-corrected chi connectivity index (χ1v) is 9.21. The molecule has 1 amide bonds. The Labute approximate surface area is 174 Å². The average molecular weight is 445 g/mol. The monoisotopic (exact) mass is 444 g/mol. The second-order valence-corrected chi connectivity index (χ2v) is 8.18. The highest BCUT2D eigenvalue weighted by Crippen LogP contribution is 2.39. The van der Waals surface area contributed by atoms with Crippen molar-refractivity contribution < 1.29 is 27.1 Å². The van der Waals surface area contributed by atoms with E-state index in [9.17, 15) is 27.6 Å². The van der Waals surface area contributed by atoms with Crippen LogP contribution in [0.5, 0.6) is 0 Å². The van der Waals surface area contributed by atoms with Crippen LogP contribution in [0.4, 0.5) is 22.4 Å². The van der Waals surface area contributed by atoms with E-state index in [0.717, 1.165) is 11.0 Å². The highest BCUT2D eigenvalue weighted by Gasteiger charge is 2.48. The van der Waals surface area contributed by atoms with Crippen molar-refractivity contribution in [2.75, 3.05) is 6.54 Å². The third-order valence-corrected chi connectivity index (χ3v) is 4.66. The van der Waals surface area contributed by atoms with Gasteiger partial charge in [-0.25, -0.2) is 9.18 Å². The van der Waals surface area contributed by atoms with Gasteiger partial charge in [0.15, 0.2) is 6.04 Å². The highest BCUT2D eigenvalue weighted by atomic mass is 35.5. The number of ether oxygens (including phenoxy) is 1. The van der Waals surface area contributed by atoms with Gasteiger partial charge in [-0.05, 0) is 39.0 Å². The molecular weight excluding hydrogens is 428 g/mol. The molecule has 0 saturated carbocycles. The van der Waals surface area contributed by atoms with Crippen LogP contribution in [0, 0.1) is 17.1 Å². The van der Waals surface area contributed by atoms with Gasteiger partial charge in [0.25, 0.3) is 0 Å². The van der Waals surface area contributed by atoms with Crippen LogP contribution in [0.2, 0.25) is 5.02 Å². The largest absolute Gasteiger partial charge is 0.444 e. The van der Waals surface area contributed by atoms with Gasteiger partial charge in [0.2, 0.25) is 0 Å². The molecular formula is C19H17ClF4N4O2. The Morgan fingerprint density at radius 1 is 1.33 bits per heavy atom. The van der Waals surface area contributed by atoms with E-state index in [2.05, 4.69) is 5.10 Å². The lowest BCUT2D eigenvalue weighted by Gasteiger charge is -2.35. The van der Waals surface area contributed by atoms with Crippen LogP contribution < -0.4 is 0 Å². The molecule has 2 aromatic rings. The van der Waals surface area contributed by atoms with E-state index >= 15 is 0 Å². The van der Waals surface area contributed by atoms with Crippen LogP contribution in [0.25, 0.3) is 11.3 Å². The molecule has 160 valence electrons. The van der Waals surface area contributed by atoms with Crippen LogP contribution in [0.3, 0.4) is 0 Å². The van der Waals surface area contributed by atoms with Crippen LogP contribution in [-0.4, -0.2) is 39.1 Å². The lowest BCUT2D eigenvalue weighted by atomic mass is 10.0. The van der Waals surface area contributed by atoms with Crippen molar-refractivity contribution in [3.63, 3.8) is 0 Å².